The topological polar surface area (TPSA) is 92.2 Å². The molecule has 0 aromatic carbocycles. The van der Waals surface area contributed by atoms with Gasteiger partial charge in [-0.3, -0.25) is 4.79 Å². The number of amides is 1. The highest BCUT2D eigenvalue weighted by atomic mass is 79.9. The molecule has 0 saturated carbocycles. The van der Waals surface area contributed by atoms with Crippen LogP contribution < -0.4 is 5.32 Å². The average molecular weight is 322 g/mol. The van der Waals surface area contributed by atoms with Crippen LogP contribution in [0.1, 0.15) is 21.0 Å². The summed E-state index contributed by atoms with van der Waals surface area (Å²) in [5.74, 6) is -1.45. The summed E-state index contributed by atoms with van der Waals surface area (Å²) in [5, 5.41) is 11.3. The summed E-state index contributed by atoms with van der Waals surface area (Å²) in [6.45, 7) is 0. The SMILES string of the molecule is O=C(O)c1cccc(NC(=O)c2ccc(Br)cn2)n1. The van der Waals surface area contributed by atoms with Gasteiger partial charge in [0.1, 0.15) is 11.5 Å². The van der Waals surface area contributed by atoms with Crippen LogP contribution in [0, 0.1) is 0 Å². The van der Waals surface area contributed by atoms with Crippen molar-refractivity contribution < 1.29 is 14.7 Å². The summed E-state index contributed by atoms with van der Waals surface area (Å²) in [7, 11) is 0. The van der Waals surface area contributed by atoms with Crippen molar-refractivity contribution >= 4 is 33.6 Å². The molecule has 0 spiro atoms. The van der Waals surface area contributed by atoms with Gasteiger partial charge in [0.25, 0.3) is 5.91 Å². The van der Waals surface area contributed by atoms with Crippen molar-refractivity contribution in [2.75, 3.05) is 5.32 Å². The fraction of sp³-hybridized carbons (Fsp3) is 0. The standard InChI is InChI=1S/C12H8BrN3O3/c13-7-4-5-8(14-6-7)11(17)16-10-3-1-2-9(15-10)12(18)19/h1-6H,(H,18,19)(H,15,16,17). The third kappa shape index (κ3) is 3.35. The largest absolute Gasteiger partial charge is 0.477 e. The van der Waals surface area contributed by atoms with Gasteiger partial charge >= 0.3 is 5.97 Å². The molecule has 2 aromatic rings. The van der Waals surface area contributed by atoms with Crippen LogP contribution in [-0.2, 0) is 0 Å². The number of rotatable bonds is 3. The molecule has 2 heterocycles. The smallest absolute Gasteiger partial charge is 0.354 e. The predicted octanol–water partition coefficient (Wildman–Crippen LogP) is 2.19. The molecule has 0 aliphatic carbocycles. The maximum Gasteiger partial charge on any atom is 0.354 e. The summed E-state index contributed by atoms with van der Waals surface area (Å²) >= 11 is 3.22. The molecule has 0 atom stereocenters. The second-order valence-electron chi connectivity index (χ2n) is 3.53. The van der Waals surface area contributed by atoms with Gasteiger partial charge in [0.05, 0.1) is 0 Å². The van der Waals surface area contributed by atoms with E-state index in [-0.39, 0.29) is 17.2 Å². The molecular weight excluding hydrogens is 314 g/mol. The highest BCUT2D eigenvalue weighted by Gasteiger charge is 2.10. The maximum absolute atomic E-state index is 11.8. The van der Waals surface area contributed by atoms with E-state index in [1.165, 1.54) is 24.4 Å². The van der Waals surface area contributed by atoms with Gasteiger partial charge in [0.2, 0.25) is 0 Å². The van der Waals surface area contributed by atoms with Crippen LogP contribution in [0.5, 0.6) is 0 Å². The Labute approximate surface area is 116 Å². The highest BCUT2D eigenvalue weighted by Crippen LogP contribution is 2.10. The quantitative estimate of drug-likeness (QED) is 0.904. The van der Waals surface area contributed by atoms with Crippen molar-refractivity contribution in [3.63, 3.8) is 0 Å². The van der Waals surface area contributed by atoms with Crippen molar-refractivity contribution in [3.8, 4) is 0 Å². The summed E-state index contributed by atoms with van der Waals surface area (Å²) in [6, 6.07) is 7.57. The normalized spacial score (nSPS) is 9.95. The van der Waals surface area contributed by atoms with Crippen molar-refractivity contribution in [2.24, 2.45) is 0 Å². The van der Waals surface area contributed by atoms with E-state index >= 15 is 0 Å². The molecule has 0 unspecified atom stereocenters. The summed E-state index contributed by atoms with van der Waals surface area (Å²) in [5.41, 5.74) is 0.0762. The van der Waals surface area contributed by atoms with E-state index in [0.29, 0.717) is 0 Å². The number of carbonyl (C=O) groups excluding carboxylic acids is 1. The number of nitrogens with zero attached hydrogens (tertiary/aromatic N) is 2. The maximum atomic E-state index is 11.8. The molecule has 6 nitrogen and oxygen atoms in total. The van der Waals surface area contributed by atoms with Gasteiger partial charge in [-0.25, -0.2) is 14.8 Å². The van der Waals surface area contributed by atoms with Crippen molar-refractivity contribution in [3.05, 3.63) is 52.4 Å². The number of carboxylic acids is 1. The first-order chi connectivity index (χ1) is 9.06. The molecule has 2 rings (SSSR count). The number of carbonyl (C=O) groups is 2. The van der Waals surface area contributed by atoms with E-state index in [0.717, 1.165) is 4.47 Å². The van der Waals surface area contributed by atoms with Crippen LogP contribution in [0.25, 0.3) is 0 Å². The van der Waals surface area contributed by atoms with E-state index in [4.69, 9.17) is 5.11 Å². The summed E-state index contributed by atoms with van der Waals surface area (Å²) in [6.07, 6.45) is 1.50. The summed E-state index contributed by atoms with van der Waals surface area (Å²) in [4.78, 5) is 30.3. The van der Waals surface area contributed by atoms with Gasteiger partial charge in [-0.1, -0.05) is 6.07 Å². The Bertz CT molecular complexity index is 628. The number of nitrogens with one attached hydrogen (secondary N) is 1. The number of hydrogen-bond acceptors (Lipinski definition) is 4. The number of anilines is 1. The Balaban J connectivity index is 2.17. The number of aromatic nitrogens is 2. The Morgan fingerprint density at radius 1 is 1.16 bits per heavy atom. The van der Waals surface area contributed by atoms with E-state index in [1.807, 2.05) is 0 Å². The molecule has 0 fully saturated rings. The first kappa shape index (κ1) is 13.2. The van der Waals surface area contributed by atoms with Crippen LogP contribution in [-0.4, -0.2) is 27.0 Å². The van der Waals surface area contributed by atoms with Crippen LogP contribution in [0.15, 0.2) is 41.0 Å². The zero-order valence-electron chi connectivity index (χ0n) is 9.50. The van der Waals surface area contributed by atoms with Crippen molar-refractivity contribution in [1.29, 1.82) is 0 Å². The molecule has 2 N–H and O–H groups in total. The molecule has 7 heteroatoms. The molecule has 0 aliphatic rings. The molecule has 96 valence electrons. The highest BCUT2D eigenvalue weighted by molar-refractivity contribution is 9.10. The monoisotopic (exact) mass is 321 g/mol. The van der Waals surface area contributed by atoms with Gasteiger partial charge in [0.15, 0.2) is 5.69 Å². The van der Waals surface area contributed by atoms with Gasteiger partial charge in [-0.15, -0.1) is 0 Å². The second-order valence-corrected chi connectivity index (χ2v) is 4.44. The van der Waals surface area contributed by atoms with Gasteiger partial charge < -0.3 is 10.4 Å². The summed E-state index contributed by atoms with van der Waals surface area (Å²) < 4.78 is 0.759. The lowest BCUT2D eigenvalue weighted by Gasteiger charge is -2.04. The van der Waals surface area contributed by atoms with E-state index in [1.54, 1.807) is 12.1 Å². The molecule has 1 amide bonds. The van der Waals surface area contributed by atoms with E-state index in [9.17, 15) is 9.59 Å². The van der Waals surface area contributed by atoms with Crippen LogP contribution in [0.2, 0.25) is 0 Å². The second kappa shape index (κ2) is 5.57. The number of pyridine rings is 2. The number of hydrogen-bond donors (Lipinski definition) is 2. The van der Waals surface area contributed by atoms with Gasteiger partial charge in [0, 0.05) is 10.7 Å². The molecule has 2 aromatic heterocycles. The Hall–Kier alpha value is -2.28. The van der Waals surface area contributed by atoms with Crippen LogP contribution in [0.4, 0.5) is 5.82 Å². The van der Waals surface area contributed by atoms with E-state index in [2.05, 4.69) is 31.2 Å². The third-order valence-corrected chi connectivity index (χ3v) is 2.64. The minimum atomic E-state index is -1.15. The molecule has 0 bridgehead atoms. The number of halogens is 1. The number of carboxylic acid groups (broad SMARTS) is 1. The first-order valence-corrected chi connectivity index (χ1v) is 5.99. The van der Waals surface area contributed by atoms with Gasteiger partial charge in [-0.05, 0) is 40.2 Å². The third-order valence-electron chi connectivity index (χ3n) is 2.17. The predicted molar refractivity (Wildman–Crippen MR) is 71.1 cm³/mol. The van der Waals surface area contributed by atoms with Crippen molar-refractivity contribution in [1.82, 2.24) is 9.97 Å². The Morgan fingerprint density at radius 3 is 2.58 bits per heavy atom. The molecular formula is C12H8BrN3O3. The lowest BCUT2D eigenvalue weighted by Crippen LogP contribution is -2.15. The Morgan fingerprint density at radius 2 is 1.95 bits per heavy atom. The Kier molecular flexibility index (Phi) is 3.86. The number of aromatic carboxylic acids is 1. The van der Waals surface area contributed by atoms with Crippen LogP contribution in [0.3, 0.4) is 0 Å². The molecule has 0 saturated heterocycles. The fourth-order valence-electron chi connectivity index (χ4n) is 1.31. The fourth-order valence-corrected chi connectivity index (χ4v) is 1.55. The molecule has 0 aliphatic heterocycles. The van der Waals surface area contributed by atoms with Gasteiger partial charge in [-0.2, -0.15) is 0 Å². The van der Waals surface area contributed by atoms with Crippen LogP contribution >= 0.6 is 15.9 Å². The zero-order valence-corrected chi connectivity index (χ0v) is 11.1. The lowest BCUT2D eigenvalue weighted by molar-refractivity contribution is 0.0690. The zero-order chi connectivity index (χ0) is 13.8. The minimum absolute atomic E-state index is 0.137. The first-order valence-electron chi connectivity index (χ1n) is 5.19. The average Bonchev–Trinajstić information content (AvgIpc) is 2.39. The molecule has 0 radical (unpaired) electrons. The molecule has 19 heavy (non-hydrogen) atoms. The van der Waals surface area contributed by atoms with E-state index < -0.39 is 11.9 Å². The lowest BCUT2D eigenvalue weighted by atomic mass is 10.3. The minimum Gasteiger partial charge on any atom is -0.477 e. The van der Waals surface area contributed by atoms with Crippen molar-refractivity contribution in [2.45, 2.75) is 0 Å².